The Bertz CT molecular complexity index is 809. The van der Waals surface area contributed by atoms with Crippen molar-refractivity contribution in [2.45, 2.75) is 11.4 Å². The van der Waals surface area contributed by atoms with Crippen LogP contribution in [-0.4, -0.2) is 38.9 Å². The molecule has 0 spiro atoms. The molecule has 1 N–H and O–H groups in total. The van der Waals surface area contributed by atoms with E-state index in [2.05, 4.69) is 4.98 Å². The molecule has 24 heavy (non-hydrogen) atoms. The quantitative estimate of drug-likeness (QED) is 0.807. The molecule has 0 aliphatic rings. The van der Waals surface area contributed by atoms with E-state index in [-0.39, 0.29) is 28.5 Å². The van der Waals surface area contributed by atoms with Crippen LogP contribution in [0.3, 0.4) is 0 Å². The molecule has 1 heterocycles. The van der Waals surface area contributed by atoms with Crippen molar-refractivity contribution in [1.29, 1.82) is 0 Å². The Morgan fingerprint density at radius 1 is 1.33 bits per heavy atom. The van der Waals surface area contributed by atoms with Crippen molar-refractivity contribution in [3.8, 4) is 5.75 Å². The van der Waals surface area contributed by atoms with E-state index in [1.807, 2.05) is 0 Å². The number of benzene rings is 1. The molecule has 0 fully saturated rings. The predicted molar refractivity (Wildman–Crippen MR) is 89.2 cm³/mol. The fourth-order valence-electron chi connectivity index (χ4n) is 2.10. The molecule has 2 rings (SSSR count). The molecule has 0 radical (unpaired) electrons. The maximum Gasteiger partial charge on any atom is 0.338 e. The Balaban J connectivity index is 2.15. The second-order valence-corrected chi connectivity index (χ2v) is 6.63. The third-order valence-electron chi connectivity index (χ3n) is 3.14. The molecule has 1 atom stereocenters. The van der Waals surface area contributed by atoms with Gasteiger partial charge in [0.15, 0.2) is 0 Å². The van der Waals surface area contributed by atoms with Crippen LogP contribution in [0, 0.1) is 0 Å². The second-order valence-electron chi connectivity index (χ2n) is 4.82. The van der Waals surface area contributed by atoms with E-state index in [9.17, 15) is 13.8 Å². The summed E-state index contributed by atoms with van der Waals surface area (Å²) in [7, 11) is -0.374. The number of pyridine rings is 1. The van der Waals surface area contributed by atoms with Gasteiger partial charge in [0.25, 0.3) is 0 Å². The van der Waals surface area contributed by atoms with Crippen LogP contribution in [0.4, 0.5) is 0 Å². The average Bonchev–Trinajstić information content (AvgIpc) is 2.54. The van der Waals surface area contributed by atoms with E-state index >= 15 is 0 Å². The van der Waals surface area contributed by atoms with E-state index in [0.717, 1.165) is 0 Å². The molecule has 6 nitrogen and oxygen atoms in total. The summed E-state index contributed by atoms with van der Waals surface area (Å²) in [6.45, 7) is 0. The van der Waals surface area contributed by atoms with Crippen LogP contribution in [0.5, 0.6) is 5.75 Å². The van der Waals surface area contributed by atoms with Gasteiger partial charge in [0, 0.05) is 23.2 Å². The fourth-order valence-corrected chi connectivity index (χ4v) is 3.40. The summed E-state index contributed by atoms with van der Waals surface area (Å²) in [6.07, 6.45) is 1.31. The Morgan fingerprint density at radius 3 is 2.75 bits per heavy atom. The number of carboxylic acids is 1. The first-order valence-electron chi connectivity index (χ1n) is 6.83. The average molecular weight is 368 g/mol. The van der Waals surface area contributed by atoms with Crippen LogP contribution in [0.25, 0.3) is 0 Å². The van der Waals surface area contributed by atoms with Gasteiger partial charge in [-0.1, -0.05) is 11.6 Å². The van der Waals surface area contributed by atoms with Crippen LogP contribution in [0.1, 0.15) is 15.9 Å². The Hall–Kier alpha value is -2.25. The molecule has 126 valence electrons. The number of ketones is 1. The third-order valence-corrected chi connectivity index (χ3v) is 4.72. The van der Waals surface area contributed by atoms with Crippen LogP contribution in [0.2, 0.25) is 5.02 Å². The summed E-state index contributed by atoms with van der Waals surface area (Å²) in [4.78, 5) is 27.2. The van der Waals surface area contributed by atoms with Gasteiger partial charge in [-0.05, 0) is 30.3 Å². The first kappa shape index (κ1) is 18.1. The molecular formula is C16H14ClNO5S. The fraction of sp³-hybridized carbons (Fsp3) is 0.188. The number of methoxy groups -OCH3 is 1. The number of ether oxygens (including phenoxy) is 1. The monoisotopic (exact) mass is 367 g/mol. The topological polar surface area (TPSA) is 93.6 Å². The zero-order chi connectivity index (χ0) is 17.7. The van der Waals surface area contributed by atoms with Crippen molar-refractivity contribution in [3.05, 3.63) is 52.7 Å². The number of halogens is 1. The number of aromatic nitrogens is 1. The van der Waals surface area contributed by atoms with E-state index in [1.54, 1.807) is 18.2 Å². The molecular weight excluding hydrogens is 354 g/mol. The van der Waals surface area contributed by atoms with Crippen LogP contribution in [-0.2, 0) is 22.0 Å². The smallest absolute Gasteiger partial charge is 0.338 e. The van der Waals surface area contributed by atoms with Crippen molar-refractivity contribution < 1.29 is 23.6 Å². The molecule has 1 aromatic carbocycles. The summed E-state index contributed by atoms with van der Waals surface area (Å²) in [5.41, 5.74) is 0.399. The maximum atomic E-state index is 12.3. The molecule has 0 amide bonds. The minimum absolute atomic E-state index is 0.0231. The number of carbonyl (C=O) groups excluding carboxylic acids is 1. The second kappa shape index (κ2) is 8.03. The summed E-state index contributed by atoms with van der Waals surface area (Å²) in [5, 5.41) is 9.43. The highest BCUT2D eigenvalue weighted by atomic mass is 35.5. The molecule has 1 aromatic heterocycles. The lowest BCUT2D eigenvalue weighted by molar-refractivity contribution is -0.116. The zero-order valence-corrected chi connectivity index (χ0v) is 14.3. The molecule has 0 bridgehead atoms. The molecule has 0 saturated carbocycles. The normalized spacial score (nSPS) is 11.8. The van der Waals surface area contributed by atoms with Gasteiger partial charge in [-0.25, -0.2) is 9.78 Å². The largest absolute Gasteiger partial charge is 0.496 e. The number of carboxylic acid groups (broad SMARTS) is 1. The van der Waals surface area contributed by atoms with Crippen molar-refractivity contribution in [2.75, 3.05) is 12.9 Å². The van der Waals surface area contributed by atoms with Gasteiger partial charge >= 0.3 is 5.97 Å². The minimum atomic E-state index is -1.85. The first-order chi connectivity index (χ1) is 11.4. The number of hydrogen-bond donors (Lipinski definition) is 1. The predicted octanol–water partition coefficient (Wildman–Crippen LogP) is 2.36. The highest BCUT2D eigenvalue weighted by Crippen LogP contribution is 2.23. The number of hydrogen-bond acceptors (Lipinski definition) is 5. The summed E-state index contributed by atoms with van der Waals surface area (Å²) in [5.74, 6) is -1.42. The Morgan fingerprint density at radius 2 is 2.08 bits per heavy atom. The lowest BCUT2D eigenvalue weighted by Gasteiger charge is -2.09. The first-order valence-corrected chi connectivity index (χ1v) is 8.53. The third kappa shape index (κ3) is 4.39. The Kier molecular flexibility index (Phi) is 6.05. The number of Topliss-reactive ketones (excluding diaryl/α,β-unsaturated/α-hetero) is 1. The van der Waals surface area contributed by atoms with Crippen LogP contribution in [0.15, 0.2) is 41.6 Å². The molecule has 0 aliphatic carbocycles. The number of rotatable bonds is 7. The van der Waals surface area contributed by atoms with Crippen molar-refractivity contribution >= 4 is 34.2 Å². The lowest BCUT2D eigenvalue weighted by Crippen LogP contribution is -2.16. The minimum Gasteiger partial charge on any atom is -0.496 e. The zero-order valence-electron chi connectivity index (χ0n) is 12.7. The van der Waals surface area contributed by atoms with E-state index in [4.69, 9.17) is 21.4 Å². The summed E-state index contributed by atoms with van der Waals surface area (Å²) in [6, 6.07) is 7.61. The van der Waals surface area contributed by atoms with Gasteiger partial charge in [0.2, 0.25) is 0 Å². The van der Waals surface area contributed by atoms with Crippen LogP contribution < -0.4 is 4.74 Å². The van der Waals surface area contributed by atoms with Crippen molar-refractivity contribution in [2.24, 2.45) is 0 Å². The summed E-state index contributed by atoms with van der Waals surface area (Å²) >= 11 is 5.91. The molecule has 1 unspecified atom stereocenters. The maximum absolute atomic E-state index is 12.3. The van der Waals surface area contributed by atoms with Crippen molar-refractivity contribution in [1.82, 2.24) is 4.98 Å². The molecule has 0 saturated heterocycles. The SMILES string of the molecule is COc1ccc(Cl)cc1CC(=O)CS(=O)c1ncccc1C(=O)O. The van der Waals surface area contributed by atoms with Gasteiger partial charge in [-0.3, -0.25) is 9.00 Å². The van der Waals surface area contributed by atoms with Crippen molar-refractivity contribution in [3.63, 3.8) is 0 Å². The van der Waals surface area contributed by atoms with Gasteiger partial charge in [-0.2, -0.15) is 0 Å². The standard InChI is InChI=1S/C16H14ClNO5S/c1-23-14-5-4-11(17)7-10(14)8-12(19)9-24(22)15-13(16(20)21)3-2-6-18-15/h2-7H,8-9H2,1H3,(H,20,21). The highest BCUT2D eigenvalue weighted by Gasteiger charge is 2.20. The lowest BCUT2D eigenvalue weighted by atomic mass is 10.1. The van der Waals surface area contributed by atoms with Gasteiger partial charge < -0.3 is 9.84 Å². The van der Waals surface area contributed by atoms with E-state index < -0.39 is 16.8 Å². The van der Waals surface area contributed by atoms with E-state index in [0.29, 0.717) is 16.3 Å². The Labute approximate surface area is 145 Å². The van der Waals surface area contributed by atoms with Gasteiger partial charge in [0.1, 0.15) is 16.6 Å². The van der Waals surface area contributed by atoms with Gasteiger partial charge in [0.05, 0.1) is 29.2 Å². The number of nitrogens with zero attached hydrogens (tertiary/aromatic N) is 1. The molecule has 2 aromatic rings. The van der Waals surface area contributed by atoms with Gasteiger partial charge in [-0.15, -0.1) is 0 Å². The van der Waals surface area contributed by atoms with Crippen LogP contribution >= 0.6 is 11.6 Å². The molecule has 8 heteroatoms. The summed E-state index contributed by atoms with van der Waals surface area (Å²) < 4.78 is 17.5. The number of aromatic carboxylic acids is 1. The molecule has 0 aliphatic heterocycles. The highest BCUT2D eigenvalue weighted by molar-refractivity contribution is 7.85. The van der Waals surface area contributed by atoms with E-state index in [1.165, 1.54) is 25.4 Å². The number of carbonyl (C=O) groups is 2.